The zero-order valence-electron chi connectivity index (χ0n) is 12.3. The summed E-state index contributed by atoms with van der Waals surface area (Å²) in [7, 11) is 1.55. The standard InChI is InChI=1S/C15H16N2O5/c1-10-6-13(17-22-10)16-14(18)9-21-15(19)8-11-4-3-5-12(7-11)20-2/h3-7H,8-9H2,1-2H3,(H,16,17,18). The van der Waals surface area contributed by atoms with Gasteiger partial charge in [-0.25, -0.2) is 0 Å². The van der Waals surface area contributed by atoms with Crippen LogP contribution in [-0.4, -0.2) is 30.7 Å². The predicted octanol–water partition coefficient (Wildman–Crippen LogP) is 1.72. The first-order valence-corrected chi connectivity index (χ1v) is 6.58. The van der Waals surface area contributed by atoms with Crippen molar-refractivity contribution in [2.45, 2.75) is 13.3 Å². The lowest BCUT2D eigenvalue weighted by Gasteiger charge is -2.06. The molecule has 0 atom stereocenters. The van der Waals surface area contributed by atoms with Crippen molar-refractivity contribution >= 4 is 17.7 Å². The third kappa shape index (κ3) is 4.62. The molecule has 1 aromatic heterocycles. The van der Waals surface area contributed by atoms with Crippen LogP contribution in [0.1, 0.15) is 11.3 Å². The molecule has 0 bridgehead atoms. The summed E-state index contributed by atoms with van der Waals surface area (Å²) in [4.78, 5) is 23.3. The van der Waals surface area contributed by atoms with E-state index < -0.39 is 11.9 Å². The molecule has 0 radical (unpaired) electrons. The fourth-order valence-electron chi connectivity index (χ4n) is 1.75. The molecule has 7 heteroatoms. The number of methoxy groups -OCH3 is 1. The van der Waals surface area contributed by atoms with Gasteiger partial charge in [-0.2, -0.15) is 0 Å². The second-order valence-corrected chi connectivity index (χ2v) is 4.56. The number of rotatable bonds is 6. The highest BCUT2D eigenvalue weighted by molar-refractivity contribution is 5.92. The lowest BCUT2D eigenvalue weighted by atomic mass is 10.1. The SMILES string of the molecule is COc1cccc(CC(=O)OCC(=O)Nc2cc(C)on2)c1. The molecule has 7 nitrogen and oxygen atoms in total. The third-order valence-corrected chi connectivity index (χ3v) is 2.74. The number of esters is 1. The van der Waals surface area contributed by atoms with E-state index >= 15 is 0 Å². The number of aromatic nitrogens is 1. The van der Waals surface area contributed by atoms with Crippen LogP contribution in [0.15, 0.2) is 34.9 Å². The number of carbonyl (C=O) groups excluding carboxylic acids is 2. The van der Waals surface area contributed by atoms with Crippen molar-refractivity contribution < 1.29 is 23.6 Å². The Morgan fingerprint density at radius 3 is 2.82 bits per heavy atom. The second-order valence-electron chi connectivity index (χ2n) is 4.56. The van der Waals surface area contributed by atoms with Gasteiger partial charge in [-0.1, -0.05) is 17.3 Å². The topological polar surface area (TPSA) is 90.7 Å². The molecule has 1 aromatic carbocycles. The van der Waals surface area contributed by atoms with Crippen molar-refractivity contribution in [1.29, 1.82) is 0 Å². The summed E-state index contributed by atoms with van der Waals surface area (Å²) < 4.78 is 14.8. The summed E-state index contributed by atoms with van der Waals surface area (Å²) in [5.41, 5.74) is 0.747. The maximum Gasteiger partial charge on any atom is 0.310 e. The van der Waals surface area contributed by atoms with E-state index in [1.54, 1.807) is 44.4 Å². The normalized spacial score (nSPS) is 10.1. The number of hydrogen-bond donors (Lipinski definition) is 1. The third-order valence-electron chi connectivity index (χ3n) is 2.74. The zero-order chi connectivity index (χ0) is 15.9. The maximum atomic E-state index is 11.7. The molecule has 2 rings (SSSR count). The van der Waals surface area contributed by atoms with Crippen molar-refractivity contribution in [1.82, 2.24) is 5.16 Å². The first-order chi connectivity index (χ1) is 10.6. The van der Waals surface area contributed by atoms with Gasteiger partial charge in [0.1, 0.15) is 11.5 Å². The Bertz CT molecular complexity index is 665. The van der Waals surface area contributed by atoms with Crippen LogP contribution in [-0.2, 0) is 20.7 Å². The smallest absolute Gasteiger partial charge is 0.310 e. The molecule has 0 aliphatic carbocycles. The highest BCUT2D eigenvalue weighted by Crippen LogP contribution is 2.13. The van der Waals surface area contributed by atoms with Gasteiger partial charge in [-0.15, -0.1) is 0 Å². The average Bonchev–Trinajstić information content (AvgIpc) is 2.90. The van der Waals surface area contributed by atoms with E-state index in [0.717, 1.165) is 5.56 Å². The summed E-state index contributed by atoms with van der Waals surface area (Å²) in [5.74, 6) is 0.535. The number of hydrogen-bond acceptors (Lipinski definition) is 6. The van der Waals surface area contributed by atoms with Crippen LogP contribution >= 0.6 is 0 Å². The van der Waals surface area contributed by atoms with E-state index in [2.05, 4.69) is 10.5 Å². The predicted molar refractivity (Wildman–Crippen MR) is 77.5 cm³/mol. The Morgan fingerprint density at radius 2 is 2.14 bits per heavy atom. The maximum absolute atomic E-state index is 11.7. The largest absolute Gasteiger partial charge is 0.497 e. The number of nitrogens with one attached hydrogen (secondary N) is 1. The molecule has 0 fully saturated rings. The molecule has 0 unspecified atom stereocenters. The molecular weight excluding hydrogens is 288 g/mol. The van der Waals surface area contributed by atoms with Crippen molar-refractivity contribution in [3.63, 3.8) is 0 Å². The first kappa shape index (κ1) is 15.6. The fourth-order valence-corrected chi connectivity index (χ4v) is 1.75. The minimum atomic E-state index is -0.500. The zero-order valence-corrected chi connectivity index (χ0v) is 12.3. The second kappa shape index (κ2) is 7.26. The fraction of sp³-hybridized carbons (Fsp3) is 0.267. The summed E-state index contributed by atoms with van der Waals surface area (Å²) in [6.07, 6.45) is 0.0630. The Hall–Kier alpha value is -2.83. The number of anilines is 1. The molecule has 1 N–H and O–H groups in total. The summed E-state index contributed by atoms with van der Waals surface area (Å²) >= 11 is 0. The van der Waals surface area contributed by atoms with Gasteiger partial charge < -0.3 is 19.3 Å². The summed E-state index contributed by atoms with van der Waals surface area (Å²) in [6, 6.07) is 8.64. The lowest BCUT2D eigenvalue weighted by Crippen LogP contribution is -2.21. The number of amides is 1. The molecule has 0 saturated heterocycles. The van der Waals surface area contributed by atoms with Gasteiger partial charge in [0.05, 0.1) is 13.5 Å². The van der Waals surface area contributed by atoms with Gasteiger partial charge in [0, 0.05) is 6.07 Å². The minimum Gasteiger partial charge on any atom is -0.497 e. The van der Waals surface area contributed by atoms with Crippen molar-refractivity contribution in [2.24, 2.45) is 0 Å². The number of ether oxygens (including phenoxy) is 2. The quantitative estimate of drug-likeness (QED) is 0.817. The van der Waals surface area contributed by atoms with Gasteiger partial charge >= 0.3 is 5.97 Å². The van der Waals surface area contributed by atoms with E-state index in [-0.39, 0.29) is 18.8 Å². The molecular formula is C15H16N2O5. The number of benzene rings is 1. The number of aryl methyl sites for hydroxylation is 1. The van der Waals surface area contributed by atoms with Crippen molar-refractivity contribution in [3.8, 4) is 5.75 Å². The Kier molecular flexibility index (Phi) is 5.13. The van der Waals surface area contributed by atoms with E-state index in [0.29, 0.717) is 11.5 Å². The van der Waals surface area contributed by atoms with E-state index in [1.807, 2.05) is 0 Å². The molecule has 1 amide bonds. The highest BCUT2D eigenvalue weighted by atomic mass is 16.5. The van der Waals surface area contributed by atoms with Crippen LogP contribution in [0, 0.1) is 6.92 Å². The van der Waals surface area contributed by atoms with Gasteiger partial charge in [0.25, 0.3) is 5.91 Å². The molecule has 0 spiro atoms. The monoisotopic (exact) mass is 304 g/mol. The first-order valence-electron chi connectivity index (χ1n) is 6.58. The number of carbonyl (C=O) groups is 2. The van der Waals surface area contributed by atoms with Crippen LogP contribution in [0.5, 0.6) is 5.75 Å². The highest BCUT2D eigenvalue weighted by Gasteiger charge is 2.11. The van der Waals surface area contributed by atoms with Gasteiger partial charge in [-0.05, 0) is 24.6 Å². The molecule has 0 aliphatic heterocycles. The Morgan fingerprint density at radius 1 is 1.32 bits per heavy atom. The molecule has 116 valence electrons. The van der Waals surface area contributed by atoms with Crippen molar-refractivity contribution in [3.05, 3.63) is 41.7 Å². The van der Waals surface area contributed by atoms with E-state index in [1.165, 1.54) is 0 Å². The lowest BCUT2D eigenvalue weighted by molar-refractivity contribution is -0.146. The molecule has 22 heavy (non-hydrogen) atoms. The average molecular weight is 304 g/mol. The Labute approximate surface area is 127 Å². The van der Waals surface area contributed by atoms with Crippen LogP contribution in [0.3, 0.4) is 0 Å². The van der Waals surface area contributed by atoms with Crippen LogP contribution < -0.4 is 10.1 Å². The minimum absolute atomic E-state index is 0.0630. The summed E-state index contributed by atoms with van der Waals surface area (Å²) in [5, 5.41) is 6.07. The molecule has 1 heterocycles. The van der Waals surface area contributed by atoms with Gasteiger partial charge in [0.15, 0.2) is 12.4 Å². The molecule has 0 aliphatic rings. The van der Waals surface area contributed by atoms with E-state index in [4.69, 9.17) is 14.0 Å². The molecule has 0 saturated carbocycles. The number of nitrogens with zero attached hydrogens (tertiary/aromatic N) is 1. The van der Waals surface area contributed by atoms with Crippen LogP contribution in [0.2, 0.25) is 0 Å². The van der Waals surface area contributed by atoms with E-state index in [9.17, 15) is 9.59 Å². The molecule has 2 aromatic rings. The van der Waals surface area contributed by atoms with Gasteiger partial charge in [0.2, 0.25) is 0 Å². The van der Waals surface area contributed by atoms with Crippen LogP contribution in [0.4, 0.5) is 5.82 Å². The van der Waals surface area contributed by atoms with Gasteiger partial charge in [-0.3, -0.25) is 9.59 Å². The van der Waals surface area contributed by atoms with Crippen molar-refractivity contribution in [2.75, 3.05) is 19.0 Å². The summed E-state index contributed by atoms with van der Waals surface area (Å²) in [6.45, 7) is 1.32. The van der Waals surface area contributed by atoms with Crippen LogP contribution in [0.25, 0.3) is 0 Å². The Balaban J connectivity index is 1.78.